The molecule has 2 rings (SSSR count). The van der Waals surface area contributed by atoms with Crippen molar-refractivity contribution in [1.82, 2.24) is 4.90 Å². The van der Waals surface area contributed by atoms with Gasteiger partial charge >= 0.3 is 0 Å². The molecule has 1 atom stereocenters. The quantitative estimate of drug-likeness (QED) is 0.928. The summed E-state index contributed by atoms with van der Waals surface area (Å²) < 4.78 is 1.10. The zero-order valence-electron chi connectivity index (χ0n) is 8.99. The lowest BCUT2D eigenvalue weighted by molar-refractivity contribution is -0.130. The van der Waals surface area contributed by atoms with Crippen molar-refractivity contribution in [3.63, 3.8) is 0 Å². The van der Waals surface area contributed by atoms with Gasteiger partial charge in [0.15, 0.2) is 0 Å². The molecule has 0 aromatic carbocycles. The van der Waals surface area contributed by atoms with Crippen LogP contribution in [0.4, 0.5) is 0 Å². The molecule has 2 heterocycles. The summed E-state index contributed by atoms with van der Waals surface area (Å²) in [4.78, 5) is 15.0. The average Bonchev–Trinajstić information content (AvgIpc) is 2.84. The number of hydrogen-bond acceptors (Lipinski definition) is 3. The fourth-order valence-corrected chi connectivity index (χ4v) is 3.34. The third kappa shape index (κ3) is 3.06. The molecule has 0 bridgehead atoms. The van der Waals surface area contributed by atoms with Crippen molar-refractivity contribution in [2.45, 2.75) is 25.3 Å². The number of amides is 1. The van der Waals surface area contributed by atoms with Crippen LogP contribution in [0.1, 0.15) is 17.7 Å². The highest BCUT2D eigenvalue weighted by Crippen LogP contribution is 2.21. The maximum Gasteiger partial charge on any atom is 0.222 e. The maximum atomic E-state index is 11.8. The van der Waals surface area contributed by atoms with Gasteiger partial charge in [-0.1, -0.05) is 0 Å². The molecule has 1 fully saturated rings. The summed E-state index contributed by atoms with van der Waals surface area (Å²) in [6.07, 6.45) is 2.37. The Balaban J connectivity index is 1.80. The largest absolute Gasteiger partial charge is 0.341 e. The molecule has 88 valence electrons. The second-order valence-corrected chi connectivity index (χ2v) is 6.03. The van der Waals surface area contributed by atoms with E-state index in [2.05, 4.69) is 22.0 Å². The van der Waals surface area contributed by atoms with Gasteiger partial charge in [-0.15, -0.1) is 11.3 Å². The topological polar surface area (TPSA) is 46.3 Å². The molecule has 0 spiro atoms. The Bertz CT molecular complexity index is 380. The molecule has 2 N–H and O–H groups in total. The van der Waals surface area contributed by atoms with Gasteiger partial charge in [-0.2, -0.15) is 0 Å². The normalized spacial score (nSPS) is 20.4. The van der Waals surface area contributed by atoms with Crippen molar-refractivity contribution in [2.24, 2.45) is 5.73 Å². The van der Waals surface area contributed by atoms with Crippen LogP contribution in [0, 0.1) is 0 Å². The molecule has 0 saturated carbocycles. The van der Waals surface area contributed by atoms with Gasteiger partial charge in [0, 0.05) is 40.3 Å². The molecule has 3 nitrogen and oxygen atoms in total. The number of aryl methyl sites for hydroxylation is 1. The van der Waals surface area contributed by atoms with E-state index in [1.54, 1.807) is 11.3 Å². The lowest BCUT2D eigenvalue weighted by atomic mass is 10.2. The number of likely N-dealkylation sites (tertiary alicyclic amines) is 1. The number of halogens is 1. The summed E-state index contributed by atoms with van der Waals surface area (Å²) in [5, 5.41) is 2.05. The van der Waals surface area contributed by atoms with Gasteiger partial charge in [0.1, 0.15) is 0 Å². The van der Waals surface area contributed by atoms with Crippen LogP contribution in [0.15, 0.2) is 15.9 Å². The highest BCUT2D eigenvalue weighted by Gasteiger charge is 2.22. The molecule has 0 aliphatic carbocycles. The van der Waals surface area contributed by atoms with Crippen molar-refractivity contribution in [3.05, 3.63) is 20.8 Å². The molecule has 1 saturated heterocycles. The standard InChI is InChI=1S/C11H15BrN2OS/c12-8-5-10(16-7-8)1-2-11(15)14-4-3-9(13)6-14/h5,7,9H,1-4,6,13H2/t9-/m1/s1. The van der Waals surface area contributed by atoms with Gasteiger partial charge in [0.2, 0.25) is 5.91 Å². The summed E-state index contributed by atoms with van der Waals surface area (Å²) in [5.41, 5.74) is 5.78. The van der Waals surface area contributed by atoms with Gasteiger partial charge in [-0.3, -0.25) is 4.79 Å². The number of carbonyl (C=O) groups is 1. The Kier molecular flexibility index (Phi) is 4.00. The van der Waals surface area contributed by atoms with E-state index < -0.39 is 0 Å². The Labute approximate surface area is 108 Å². The molecule has 0 radical (unpaired) electrons. The van der Waals surface area contributed by atoms with Gasteiger partial charge in [0.25, 0.3) is 0 Å². The molecule has 1 aromatic heterocycles. The minimum Gasteiger partial charge on any atom is -0.341 e. The molecule has 1 aliphatic rings. The second kappa shape index (κ2) is 5.29. The van der Waals surface area contributed by atoms with E-state index in [1.165, 1.54) is 4.88 Å². The molecule has 16 heavy (non-hydrogen) atoms. The number of nitrogens with zero attached hydrogens (tertiary/aromatic N) is 1. The summed E-state index contributed by atoms with van der Waals surface area (Å²) >= 11 is 5.10. The van der Waals surface area contributed by atoms with Crippen LogP contribution in [0.25, 0.3) is 0 Å². The summed E-state index contributed by atoms with van der Waals surface area (Å²) in [6.45, 7) is 1.56. The maximum absolute atomic E-state index is 11.8. The fourth-order valence-electron chi connectivity index (χ4n) is 1.89. The summed E-state index contributed by atoms with van der Waals surface area (Å²) in [6, 6.07) is 2.26. The molecule has 5 heteroatoms. The smallest absolute Gasteiger partial charge is 0.222 e. The van der Waals surface area contributed by atoms with Crippen molar-refractivity contribution in [2.75, 3.05) is 13.1 Å². The zero-order valence-corrected chi connectivity index (χ0v) is 11.4. The van der Waals surface area contributed by atoms with Crippen LogP contribution in [0.5, 0.6) is 0 Å². The van der Waals surface area contributed by atoms with Gasteiger partial charge in [-0.25, -0.2) is 0 Å². The van der Waals surface area contributed by atoms with Crippen molar-refractivity contribution in [3.8, 4) is 0 Å². The van der Waals surface area contributed by atoms with E-state index in [-0.39, 0.29) is 11.9 Å². The summed E-state index contributed by atoms with van der Waals surface area (Å²) in [5.74, 6) is 0.234. The van der Waals surface area contributed by atoms with Crippen LogP contribution in [-0.2, 0) is 11.2 Å². The first-order valence-corrected chi connectivity index (χ1v) is 7.08. The van der Waals surface area contributed by atoms with E-state index in [9.17, 15) is 4.79 Å². The number of rotatable bonds is 3. The van der Waals surface area contributed by atoms with Gasteiger partial charge in [-0.05, 0) is 34.8 Å². The van der Waals surface area contributed by atoms with E-state index in [0.29, 0.717) is 6.42 Å². The van der Waals surface area contributed by atoms with Crippen molar-refractivity contribution < 1.29 is 4.79 Å². The predicted octanol–water partition coefficient (Wildman–Crippen LogP) is 2.00. The van der Waals surface area contributed by atoms with E-state index in [1.807, 2.05) is 10.3 Å². The highest BCUT2D eigenvalue weighted by atomic mass is 79.9. The molecule has 1 aliphatic heterocycles. The van der Waals surface area contributed by atoms with Gasteiger partial charge in [0.05, 0.1) is 0 Å². The monoisotopic (exact) mass is 302 g/mol. The van der Waals surface area contributed by atoms with Crippen LogP contribution in [0.2, 0.25) is 0 Å². The predicted molar refractivity (Wildman–Crippen MR) is 69.5 cm³/mol. The van der Waals surface area contributed by atoms with E-state index in [4.69, 9.17) is 5.73 Å². The Hall–Kier alpha value is -0.390. The first-order valence-electron chi connectivity index (χ1n) is 5.41. The Morgan fingerprint density at radius 1 is 1.69 bits per heavy atom. The molecular formula is C11H15BrN2OS. The molecular weight excluding hydrogens is 288 g/mol. The molecule has 0 unspecified atom stereocenters. The zero-order chi connectivity index (χ0) is 11.5. The first kappa shape index (κ1) is 12.1. The third-order valence-electron chi connectivity index (χ3n) is 2.78. The average molecular weight is 303 g/mol. The third-order valence-corrected chi connectivity index (χ3v) is 4.54. The number of carbonyl (C=O) groups excluding carboxylic acids is 1. The molecule has 1 aromatic rings. The van der Waals surface area contributed by atoms with Crippen LogP contribution in [0.3, 0.4) is 0 Å². The van der Waals surface area contributed by atoms with E-state index >= 15 is 0 Å². The van der Waals surface area contributed by atoms with Crippen LogP contribution in [-0.4, -0.2) is 29.9 Å². The number of nitrogens with two attached hydrogens (primary N) is 1. The lowest BCUT2D eigenvalue weighted by Crippen LogP contribution is -2.31. The second-order valence-electron chi connectivity index (χ2n) is 4.12. The lowest BCUT2D eigenvalue weighted by Gasteiger charge is -2.15. The number of hydrogen-bond donors (Lipinski definition) is 1. The van der Waals surface area contributed by atoms with Crippen LogP contribution >= 0.6 is 27.3 Å². The minimum absolute atomic E-state index is 0.180. The molecule has 1 amide bonds. The summed E-state index contributed by atoms with van der Waals surface area (Å²) in [7, 11) is 0. The highest BCUT2D eigenvalue weighted by molar-refractivity contribution is 9.10. The van der Waals surface area contributed by atoms with Crippen molar-refractivity contribution in [1.29, 1.82) is 0 Å². The van der Waals surface area contributed by atoms with Gasteiger partial charge < -0.3 is 10.6 Å². The fraction of sp³-hybridized carbons (Fsp3) is 0.545. The SMILES string of the molecule is N[C@@H]1CCN(C(=O)CCc2cc(Br)cs2)C1. The Morgan fingerprint density at radius 2 is 2.50 bits per heavy atom. The van der Waals surface area contributed by atoms with Crippen molar-refractivity contribution >= 4 is 33.2 Å². The Morgan fingerprint density at radius 3 is 3.06 bits per heavy atom. The van der Waals surface area contributed by atoms with Crippen LogP contribution < -0.4 is 5.73 Å². The van der Waals surface area contributed by atoms with E-state index in [0.717, 1.165) is 30.4 Å². The minimum atomic E-state index is 0.180. The first-order chi connectivity index (χ1) is 7.65. The number of thiophene rings is 1.